The van der Waals surface area contributed by atoms with Gasteiger partial charge in [-0.05, 0) is 70.4 Å². The molecule has 0 radical (unpaired) electrons. The highest BCUT2D eigenvalue weighted by molar-refractivity contribution is 9.10. The Hall–Kier alpha value is -3.20. The molecule has 0 aromatic heterocycles. The summed E-state index contributed by atoms with van der Waals surface area (Å²) in [7, 11) is 4.61. The fourth-order valence-corrected chi connectivity index (χ4v) is 3.95. The largest absolute Gasteiger partial charge is 0.497 e. The minimum atomic E-state index is -0.777. The Labute approximate surface area is 188 Å². The van der Waals surface area contributed by atoms with Gasteiger partial charge in [-0.2, -0.15) is 0 Å². The van der Waals surface area contributed by atoms with Gasteiger partial charge in [-0.3, -0.25) is 0 Å². The van der Waals surface area contributed by atoms with Crippen LogP contribution in [-0.4, -0.2) is 39.9 Å². The predicted octanol–water partition coefficient (Wildman–Crippen LogP) is 3.80. The number of benzene rings is 2. The average Bonchev–Trinajstić information content (AvgIpc) is 2.78. The van der Waals surface area contributed by atoms with Crippen molar-refractivity contribution < 1.29 is 28.5 Å². The van der Waals surface area contributed by atoms with Crippen molar-refractivity contribution in [3.05, 3.63) is 57.6 Å². The molecule has 8 nitrogen and oxygen atoms in total. The molecule has 9 heteroatoms. The second kappa shape index (κ2) is 9.74. The summed E-state index contributed by atoms with van der Waals surface area (Å²) < 4.78 is 21.9. The third-order valence-corrected chi connectivity index (χ3v) is 5.32. The van der Waals surface area contributed by atoms with E-state index in [1.54, 1.807) is 50.4 Å². The number of esters is 1. The topological polar surface area (TPSA) is 95.1 Å². The first-order chi connectivity index (χ1) is 14.9. The van der Waals surface area contributed by atoms with Crippen LogP contribution in [0.4, 0.5) is 4.79 Å². The van der Waals surface area contributed by atoms with E-state index in [2.05, 4.69) is 26.6 Å². The fraction of sp³-hybridized carbons (Fsp3) is 0.273. The molecule has 0 fully saturated rings. The van der Waals surface area contributed by atoms with Crippen molar-refractivity contribution in [1.29, 1.82) is 0 Å². The van der Waals surface area contributed by atoms with Gasteiger partial charge in [-0.25, -0.2) is 9.59 Å². The number of amides is 2. The lowest BCUT2D eigenvalue weighted by Crippen LogP contribution is -2.45. The van der Waals surface area contributed by atoms with E-state index in [1.165, 1.54) is 14.2 Å². The third-order valence-electron chi connectivity index (χ3n) is 4.74. The maximum atomic E-state index is 13.0. The Kier molecular flexibility index (Phi) is 7.06. The number of hydrogen-bond acceptors (Lipinski definition) is 6. The maximum Gasteiger partial charge on any atom is 0.338 e. The summed E-state index contributed by atoms with van der Waals surface area (Å²) >= 11 is 3.46. The molecule has 2 aromatic rings. The molecule has 0 aliphatic carbocycles. The molecule has 1 aliphatic heterocycles. The molecule has 1 atom stereocenters. The molecule has 2 aromatic carbocycles. The first kappa shape index (κ1) is 22.5. The van der Waals surface area contributed by atoms with Crippen molar-refractivity contribution in [1.82, 2.24) is 10.6 Å². The minimum Gasteiger partial charge on any atom is -0.497 e. The van der Waals surface area contributed by atoms with E-state index in [4.69, 9.17) is 18.9 Å². The quantitative estimate of drug-likeness (QED) is 0.573. The SMILES string of the molecule is CCOC(=O)C1=C(c2ccc(OC)cc2)NC(=O)NC1c1cc(Br)c(OC)c(OC)c1. The Bertz CT molecular complexity index is 1020. The highest BCUT2D eigenvalue weighted by Crippen LogP contribution is 2.41. The number of nitrogens with one attached hydrogen (secondary N) is 2. The lowest BCUT2D eigenvalue weighted by atomic mass is 9.92. The van der Waals surface area contributed by atoms with Crippen molar-refractivity contribution in [3.63, 3.8) is 0 Å². The Morgan fingerprint density at radius 1 is 1.06 bits per heavy atom. The summed E-state index contributed by atoms with van der Waals surface area (Å²) in [6.45, 7) is 1.91. The molecule has 31 heavy (non-hydrogen) atoms. The summed E-state index contributed by atoms with van der Waals surface area (Å²) in [6, 6.07) is 9.28. The first-order valence-electron chi connectivity index (χ1n) is 9.48. The van der Waals surface area contributed by atoms with E-state index < -0.39 is 18.0 Å². The molecule has 0 spiro atoms. The molecular formula is C22H23BrN2O6. The highest BCUT2D eigenvalue weighted by Gasteiger charge is 2.35. The molecule has 1 unspecified atom stereocenters. The van der Waals surface area contributed by atoms with Crippen molar-refractivity contribution in [2.24, 2.45) is 0 Å². The van der Waals surface area contributed by atoms with Crippen LogP contribution in [0.2, 0.25) is 0 Å². The number of urea groups is 1. The van der Waals surface area contributed by atoms with Gasteiger partial charge in [0.25, 0.3) is 0 Å². The van der Waals surface area contributed by atoms with Gasteiger partial charge in [0.2, 0.25) is 0 Å². The lowest BCUT2D eigenvalue weighted by Gasteiger charge is -2.30. The second-order valence-corrected chi connectivity index (χ2v) is 7.36. The third kappa shape index (κ3) is 4.61. The highest BCUT2D eigenvalue weighted by atomic mass is 79.9. The van der Waals surface area contributed by atoms with E-state index in [0.717, 1.165) is 0 Å². The van der Waals surface area contributed by atoms with Crippen molar-refractivity contribution in [2.45, 2.75) is 13.0 Å². The number of rotatable bonds is 7. The lowest BCUT2D eigenvalue weighted by molar-refractivity contribution is -0.138. The van der Waals surface area contributed by atoms with Crippen LogP contribution in [0.5, 0.6) is 17.2 Å². The van der Waals surface area contributed by atoms with E-state index >= 15 is 0 Å². The molecule has 0 bridgehead atoms. The Balaban J connectivity index is 2.21. The molecule has 0 saturated heterocycles. The van der Waals surface area contributed by atoms with Gasteiger partial charge in [0.05, 0.1) is 49.7 Å². The molecule has 164 valence electrons. The van der Waals surface area contributed by atoms with Crippen LogP contribution in [0.3, 0.4) is 0 Å². The van der Waals surface area contributed by atoms with E-state index in [9.17, 15) is 9.59 Å². The summed E-state index contributed by atoms with van der Waals surface area (Å²) in [5, 5.41) is 5.56. The first-order valence-corrected chi connectivity index (χ1v) is 10.3. The Morgan fingerprint density at radius 3 is 2.35 bits per heavy atom. The zero-order valence-electron chi connectivity index (χ0n) is 17.6. The van der Waals surface area contributed by atoms with Crippen molar-refractivity contribution in [3.8, 4) is 17.2 Å². The van der Waals surface area contributed by atoms with Crippen LogP contribution < -0.4 is 24.8 Å². The number of carbonyl (C=O) groups excluding carboxylic acids is 2. The Morgan fingerprint density at radius 2 is 1.77 bits per heavy atom. The van der Waals surface area contributed by atoms with Crippen LogP contribution in [0, 0.1) is 0 Å². The van der Waals surface area contributed by atoms with E-state index in [1.807, 2.05) is 0 Å². The second-order valence-electron chi connectivity index (χ2n) is 6.51. The summed E-state index contributed by atoms with van der Waals surface area (Å²) in [6.07, 6.45) is 0. The maximum absolute atomic E-state index is 13.0. The van der Waals surface area contributed by atoms with Gasteiger partial charge in [-0.15, -0.1) is 0 Å². The van der Waals surface area contributed by atoms with Crippen LogP contribution >= 0.6 is 15.9 Å². The molecule has 1 aliphatic rings. The zero-order chi connectivity index (χ0) is 22.5. The van der Waals surface area contributed by atoms with Crippen molar-refractivity contribution in [2.75, 3.05) is 27.9 Å². The predicted molar refractivity (Wildman–Crippen MR) is 118 cm³/mol. The zero-order valence-corrected chi connectivity index (χ0v) is 19.2. The fourth-order valence-electron chi connectivity index (χ4n) is 3.33. The number of hydrogen-bond donors (Lipinski definition) is 2. The minimum absolute atomic E-state index is 0.189. The number of ether oxygens (including phenoxy) is 4. The summed E-state index contributed by atoms with van der Waals surface area (Å²) in [5.41, 5.74) is 1.89. The summed E-state index contributed by atoms with van der Waals surface area (Å²) in [4.78, 5) is 25.5. The standard InChI is InChI=1S/C22H23BrN2O6/c1-5-31-21(26)17-18(12-6-8-14(28-2)9-7-12)24-22(27)25-19(17)13-10-15(23)20(30-4)16(11-13)29-3/h6-11,19H,5H2,1-4H3,(H2,24,25,27). The van der Waals surface area contributed by atoms with Crippen LogP contribution in [0.15, 0.2) is 46.4 Å². The molecule has 2 amide bonds. The molecular weight excluding hydrogens is 468 g/mol. The van der Waals surface area contributed by atoms with Gasteiger partial charge < -0.3 is 29.6 Å². The van der Waals surface area contributed by atoms with Gasteiger partial charge in [-0.1, -0.05) is 0 Å². The summed E-state index contributed by atoms with van der Waals surface area (Å²) in [5.74, 6) is 1.07. The average molecular weight is 491 g/mol. The number of halogens is 1. The monoisotopic (exact) mass is 490 g/mol. The normalized spacial score (nSPS) is 15.6. The number of carbonyl (C=O) groups is 2. The van der Waals surface area contributed by atoms with Crippen LogP contribution in [-0.2, 0) is 9.53 Å². The number of methoxy groups -OCH3 is 3. The van der Waals surface area contributed by atoms with Gasteiger partial charge >= 0.3 is 12.0 Å². The molecule has 2 N–H and O–H groups in total. The molecule has 0 saturated carbocycles. The van der Waals surface area contributed by atoms with Crippen molar-refractivity contribution >= 4 is 33.6 Å². The van der Waals surface area contributed by atoms with Crippen LogP contribution in [0.1, 0.15) is 24.1 Å². The van der Waals surface area contributed by atoms with Gasteiger partial charge in [0, 0.05) is 0 Å². The molecule has 3 rings (SSSR count). The van der Waals surface area contributed by atoms with E-state index in [-0.39, 0.29) is 12.2 Å². The van der Waals surface area contributed by atoms with Gasteiger partial charge in [0.15, 0.2) is 11.5 Å². The molecule has 1 heterocycles. The van der Waals surface area contributed by atoms with Gasteiger partial charge in [0.1, 0.15) is 5.75 Å². The van der Waals surface area contributed by atoms with E-state index in [0.29, 0.717) is 38.5 Å². The smallest absolute Gasteiger partial charge is 0.338 e. The van der Waals surface area contributed by atoms with Crippen LogP contribution in [0.25, 0.3) is 5.70 Å².